The number of hydrogen-bond donors (Lipinski definition) is 9. The lowest BCUT2D eigenvalue weighted by molar-refractivity contribution is -0.188. The van der Waals surface area contributed by atoms with E-state index >= 15 is 0 Å². The van der Waals surface area contributed by atoms with Crippen LogP contribution in [0.2, 0.25) is 0 Å². The Bertz CT molecular complexity index is 3510. The van der Waals surface area contributed by atoms with Crippen LogP contribution < -0.4 is 21.3 Å². The largest absolute Gasteiger partial charge is 0.471 e. The van der Waals surface area contributed by atoms with Gasteiger partial charge in [0.15, 0.2) is 0 Å². The number of carbonyl (C=O) groups excluding carboxylic acids is 10. The number of phosphoric acid groups is 1. The first-order valence-corrected chi connectivity index (χ1v) is 52.0. The topological polar surface area (TPSA) is 503 Å². The molecule has 4 saturated heterocycles. The van der Waals surface area contributed by atoms with Crippen LogP contribution in [0.4, 0.5) is 0 Å². The van der Waals surface area contributed by atoms with Crippen molar-refractivity contribution in [2.45, 2.75) is 346 Å². The first-order chi connectivity index (χ1) is 62.1. The number of nitrogens with one attached hydrogen (secondary N) is 4. The van der Waals surface area contributed by atoms with Gasteiger partial charge in [-0.2, -0.15) is 5.26 Å². The lowest BCUT2D eigenvalue weighted by Gasteiger charge is -2.44. The fraction of sp³-hybridized carbons (Fsp3) is 0.807. The molecule has 0 radical (unpaired) electrons. The smallest absolute Gasteiger partial charge is 0.463 e. The summed E-state index contributed by atoms with van der Waals surface area (Å²) in [6.45, 7) is 29.9. The summed E-state index contributed by atoms with van der Waals surface area (Å²) in [6.07, 6.45) is 8.02. The van der Waals surface area contributed by atoms with E-state index < -0.39 is 125 Å². The van der Waals surface area contributed by atoms with Gasteiger partial charge in [0.1, 0.15) is 96.5 Å². The van der Waals surface area contributed by atoms with Crippen molar-refractivity contribution in [2.75, 3.05) is 89.6 Å². The highest BCUT2D eigenvalue weighted by molar-refractivity contribution is 8.00. The molecular weight excluding hydrogens is 1830 g/mol. The summed E-state index contributed by atoms with van der Waals surface area (Å²) in [6, 6.07) is 11.0. The summed E-state index contributed by atoms with van der Waals surface area (Å²) in [4.78, 5) is 125. The quantitative estimate of drug-likeness (QED) is 0.0127. The molecule has 4 amide bonds. The number of nitriles is 1. The van der Waals surface area contributed by atoms with Crippen molar-refractivity contribution in [3.63, 3.8) is 0 Å². The molecule has 43 heteroatoms. The first-order valence-electron chi connectivity index (χ1n) is 45.2. The summed E-state index contributed by atoms with van der Waals surface area (Å²) in [5.41, 5.74) is -0.464. The van der Waals surface area contributed by atoms with Gasteiger partial charge in [-0.1, -0.05) is 102 Å². The number of nitrogens with zero attached hydrogens (tertiary/aromatic N) is 2. The zero-order valence-electron chi connectivity index (χ0n) is 79.8. The molecular formula is C88H152N6O31P2S4. The van der Waals surface area contributed by atoms with E-state index in [1.165, 1.54) is 86.6 Å². The molecule has 754 valence electrons. The van der Waals surface area contributed by atoms with Gasteiger partial charge in [0.2, 0.25) is 23.6 Å². The number of rotatable bonds is 56. The first kappa shape index (κ1) is 122. The molecule has 1 aromatic carbocycles. The predicted octanol–water partition coefficient (Wildman–Crippen LogP) is 10.4. The Morgan fingerprint density at radius 2 is 0.802 bits per heavy atom. The van der Waals surface area contributed by atoms with Crippen molar-refractivity contribution >= 4 is 123 Å². The van der Waals surface area contributed by atoms with Gasteiger partial charge in [-0.25, -0.2) is 9.24 Å². The van der Waals surface area contributed by atoms with Crippen LogP contribution in [-0.2, 0) is 129 Å². The number of benzene rings is 1. The van der Waals surface area contributed by atoms with Crippen LogP contribution in [0.3, 0.4) is 0 Å². The van der Waals surface area contributed by atoms with Crippen molar-refractivity contribution in [3.05, 3.63) is 35.9 Å². The Kier molecular flexibility index (Phi) is 64.8. The zero-order chi connectivity index (χ0) is 98.1. The van der Waals surface area contributed by atoms with Crippen LogP contribution in [0.5, 0.6) is 0 Å². The number of amides is 4. The van der Waals surface area contributed by atoms with Crippen LogP contribution in [0, 0.1) is 29.1 Å². The Balaban J connectivity index is 0.000000599. The fourth-order valence-electron chi connectivity index (χ4n) is 14.4. The number of ether oxygens (including phenoxy) is 11. The van der Waals surface area contributed by atoms with Crippen LogP contribution in [0.15, 0.2) is 30.3 Å². The maximum atomic E-state index is 12.0. The van der Waals surface area contributed by atoms with E-state index in [4.69, 9.17) is 80.9 Å². The Morgan fingerprint density at radius 3 is 1.14 bits per heavy atom. The Labute approximate surface area is 793 Å². The molecule has 22 atom stereocenters. The molecule has 0 aliphatic carbocycles. The molecule has 0 spiro atoms. The normalized spacial score (nSPS) is 25.8. The average molecular weight is 1980 g/mol. The molecule has 4 aliphatic rings. The molecule has 0 bridgehead atoms. The molecule has 131 heavy (non-hydrogen) atoms. The molecule has 4 heterocycles. The van der Waals surface area contributed by atoms with Crippen molar-refractivity contribution in [3.8, 4) is 6.07 Å². The maximum Gasteiger partial charge on any atom is 0.471 e. The third kappa shape index (κ3) is 51.7. The molecule has 5 rings (SSSR count). The Morgan fingerprint density at radius 1 is 0.466 bits per heavy atom. The SMILES string of the molecule is CC(=O)NC1C(SCCCCCCO)OC(COC(C)=O)C(OC(C)=O)C1C.CC(=O)NC1C(SCCCCCCOCc2ccccc2)OC(COC(C)=O)C(OC(C)=O)C1C.CC(=O)NC1C(SCCCCCCOP(OCCC#N)N(C(C)C)C(C)C)OC(COC(C)=O)C(OC(C)=O)C1C.COP(=O)(O)OCCCCCCSC1OC(CO)C(O)C(O)C1NC(C)=O. The lowest BCUT2D eigenvalue weighted by Crippen LogP contribution is -2.63. The van der Waals surface area contributed by atoms with Gasteiger partial charge in [0.05, 0.1) is 69.7 Å². The molecule has 37 nitrogen and oxygen atoms in total. The number of thioether (sulfide) groups is 4. The maximum absolute atomic E-state index is 12.0. The van der Waals surface area contributed by atoms with Crippen LogP contribution in [0.25, 0.3) is 0 Å². The molecule has 9 N–H and O–H groups in total. The second-order valence-corrected chi connectivity index (χ2v) is 40.6. The minimum Gasteiger partial charge on any atom is -0.463 e. The van der Waals surface area contributed by atoms with Crippen molar-refractivity contribution in [1.29, 1.82) is 5.26 Å². The molecule has 4 aliphatic heterocycles. The number of esters is 6. The number of phosphoric ester groups is 1. The molecule has 22 unspecified atom stereocenters. The molecule has 4 fully saturated rings. The lowest BCUT2D eigenvalue weighted by atomic mass is 9.89. The predicted molar refractivity (Wildman–Crippen MR) is 499 cm³/mol. The number of carbonyl (C=O) groups is 10. The summed E-state index contributed by atoms with van der Waals surface area (Å²) in [5.74, 6) is -1.05. The van der Waals surface area contributed by atoms with Crippen LogP contribution in [0.1, 0.15) is 232 Å². The van der Waals surface area contributed by atoms with Crippen molar-refractivity contribution in [1.82, 2.24) is 25.9 Å². The highest BCUT2D eigenvalue weighted by Crippen LogP contribution is 2.47. The number of aliphatic hydroxyl groups is 4. The van der Waals surface area contributed by atoms with Crippen LogP contribution in [-0.4, -0.2) is 292 Å². The second-order valence-electron chi connectivity index (χ2n) is 32.7. The molecule has 1 aromatic rings. The van der Waals surface area contributed by atoms with E-state index in [0.717, 1.165) is 127 Å². The summed E-state index contributed by atoms with van der Waals surface area (Å²) in [7, 11) is -4.03. The third-order valence-electron chi connectivity index (χ3n) is 20.7. The minimum absolute atomic E-state index is 0.00947. The van der Waals surface area contributed by atoms with Gasteiger partial charge >= 0.3 is 43.6 Å². The van der Waals surface area contributed by atoms with Gasteiger partial charge < -0.3 is 108 Å². The van der Waals surface area contributed by atoms with Crippen molar-refractivity contribution in [2.24, 2.45) is 17.8 Å². The van der Waals surface area contributed by atoms with Gasteiger partial charge in [-0.15, -0.1) is 47.0 Å². The van der Waals surface area contributed by atoms with Gasteiger partial charge in [0, 0.05) is 119 Å². The van der Waals surface area contributed by atoms with E-state index in [1.807, 2.05) is 39.0 Å². The Hall–Kier alpha value is -5.13. The molecule has 0 aromatic heterocycles. The molecule has 0 saturated carbocycles. The van der Waals surface area contributed by atoms with E-state index in [0.29, 0.717) is 38.4 Å². The number of hydrogen-bond acceptors (Lipinski definition) is 36. The van der Waals surface area contributed by atoms with Gasteiger partial charge in [0.25, 0.3) is 8.53 Å². The van der Waals surface area contributed by atoms with Gasteiger partial charge in [-0.05, 0) is 108 Å². The monoisotopic (exact) mass is 1980 g/mol. The zero-order valence-corrected chi connectivity index (χ0v) is 84.8. The van der Waals surface area contributed by atoms with E-state index in [1.54, 1.807) is 35.3 Å². The highest BCUT2D eigenvalue weighted by Gasteiger charge is 2.51. The third-order valence-corrected chi connectivity index (χ3v) is 28.8. The van der Waals surface area contributed by atoms with Gasteiger partial charge in [-0.3, -0.25) is 57.0 Å². The summed E-state index contributed by atoms with van der Waals surface area (Å²) in [5, 5.41) is 58.6. The van der Waals surface area contributed by atoms with E-state index in [2.05, 4.69) is 76.4 Å². The van der Waals surface area contributed by atoms with Crippen molar-refractivity contribution < 1.29 is 148 Å². The number of unbranched alkanes of at least 4 members (excludes halogenated alkanes) is 12. The standard InChI is InChI=1S/C28H50N3O8PS.C26H39NO7S.C19H33NO7S.C15H30NO9PS/c1-19(2)31(20(3)4)40(37-16-13-14-29)36-15-11-9-10-12-17-41-28-26(30-22(6)32)21(5)27(38-24(8)34)25(39-28)18-35-23(7)33;1-18-24(27-19(2)28)26(34-23(17-32-20(3)29)25(18)33-21(4)30)35-15-11-6-5-10-14-31-16-22-12-8-7-9-13-22;1-12-17(20-13(2)22)19(28-10-8-6-5-7-9-21)27-16(11-25-14(3)23)18(12)26-15(4)24;1-10(18)16-12-14(20)13(19)11(9-17)25-15(12)27-8-6-4-3-5-7-24-26(21,22)23-2/h19-21,25-28H,9-13,15-18H2,1-8H3,(H,30,32);7-9,12-13,18,23-26H,5-6,10-11,14-17H2,1-4H3,(H,27,28);12,16-19,21H,5-11H2,1-4H3,(H,20,22);11-15,17,19-20H,3-9H2,1-2H3,(H,16,18)(H,21,22). The highest BCUT2D eigenvalue weighted by atomic mass is 32.2. The van der Waals surface area contributed by atoms with E-state index in [-0.39, 0.29) is 121 Å². The number of aliphatic hydroxyl groups excluding tert-OH is 4. The second kappa shape index (κ2) is 69.6. The minimum atomic E-state index is -3.91. The average Bonchev–Trinajstić information content (AvgIpc) is 0.799. The van der Waals surface area contributed by atoms with Crippen LogP contribution >= 0.6 is 63.4 Å². The van der Waals surface area contributed by atoms with E-state index in [9.17, 15) is 67.8 Å². The summed E-state index contributed by atoms with van der Waals surface area (Å²) < 4.78 is 96.3. The summed E-state index contributed by atoms with van der Waals surface area (Å²) >= 11 is 6.20. The fourth-order valence-corrected chi connectivity index (χ4v) is 21.8.